The molecule has 0 radical (unpaired) electrons. The minimum absolute atomic E-state index is 0.0467. The summed E-state index contributed by atoms with van der Waals surface area (Å²) in [7, 11) is -5.04. The molecule has 0 saturated heterocycles. The average Bonchev–Trinajstić information content (AvgIpc) is 3.19. The van der Waals surface area contributed by atoms with Crippen LogP contribution in [0, 0.1) is 0 Å². The molecule has 57 heavy (non-hydrogen) atoms. The Bertz CT molecular complexity index is 1170. The van der Waals surface area contributed by atoms with E-state index in [9.17, 15) is 39.8 Å². The van der Waals surface area contributed by atoms with Gasteiger partial charge in [-0.15, -0.1) is 0 Å². The normalized spacial score (nSPS) is 23.4. The third-order valence-corrected chi connectivity index (χ3v) is 10.7. The van der Waals surface area contributed by atoms with Gasteiger partial charge in [0.25, 0.3) is 0 Å². The number of aliphatic hydroxyl groups is 5. The maximum Gasteiger partial charge on any atom is 0.472 e. The minimum atomic E-state index is -5.04. The van der Waals surface area contributed by atoms with E-state index in [-0.39, 0.29) is 13.0 Å². The molecule has 0 aromatic carbocycles. The predicted molar refractivity (Wildman–Crippen MR) is 225 cm³/mol. The van der Waals surface area contributed by atoms with E-state index in [0.717, 1.165) is 44.9 Å². The fourth-order valence-corrected chi connectivity index (χ4v) is 7.23. The second kappa shape index (κ2) is 34.9. The van der Waals surface area contributed by atoms with Crippen molar-refractivity contribution in [3.8, 4) is 0 Å². The Kier molecular flexibility index (Phi) is 32.4. The van der Waals surface area contributed by atoms with Crippen LogP contribution in [0.15, 0.2) is 60.8 Å². The topological polar surface area (TPSA) is 192 Å². The number of carbonyl (C=O) groups is 1. The molecule has 1 saturated carbocycles. The van der Waals surface area contributed by atoms with Crippen LogP contribution in [0.5, 0.6) is 0 Å². The monoisotopic (exact) mass is 829 g/mol. The van der Waals surface area contributed by atoms with Crippen LogP contribution in [-0.2, 0) is 27.9 Å². The standard InChI is InChI=1S/C44H77O12P/c1-3-5-7-9-11-13-15-17-19-21-23-25-27-29-31-33-38(45)55-37(36-54-57(51,52)56-44-42(49)40(47)39(46)41(48)43(44)50)35-53-34-32-30-28-26-24-22-20-18-16-14-12-10-8-6-4-2/h5,7,11,13,17,19,23,25,29,31,37,39-44,46-50H,3-4,6,8-10,12,14-16,18,20-22,24,26-28,30,32-36H2,1-2H3,(H,51,52)/b7-5-,13-11-,19-17-,25-23-,31-29-. The summed E-state index contributed by atoms with van der Waals surface area (Å²) in [6.07, 6.45) is 30.4. The summed E-state index contributed by atoms with van der Waals surface area (Å²) in [4.78, 5) is 23.0. The van der Waals surface area contributed by atoms with Crippen LogP contribution in [0.4, 0.5) is 0 Å². The molecule has 0 bridgehead atoms. The highest BCUT2D eigenvalue weighted by molar-refractivity contribution is 7.47. The number of carbonyl (C=O) groups excluding carboxylic acids is 1. The number of aliphatic hydroxyl groups excluding tert-OH is 5. The third kappa shape index (κ3) is 27.4. The van der Waals surface area contributed by atoms with Crippen LogP contribution >= 0.6 is 7.82 Å². The molecule has 1 fully saturated rings. The molecule has 0 heterocycles. The highest BCUT2D eigenvalue weighted by Crippen LogP contribution is 2.47. The van der Waals surface area contributed by atoms with Crippen molar-refractivity contribution >= 4 is 13.8 Å². The molecule has 6 N–H and O–H groups in total. The summed E-state index contributed by atoms with van der Waals surface area (Å²) in [5, 5.41) is 50.1. The van der Waals surface area contributed by atoms with E-state index in [0.29, 0.717) is 13.0 Å². The van der Waals surface area contributed by atoms with Gasteiger partial charge >= 0.3 is 13.8 Å². The van der Waals surface area contributed by atoms with Gasteiger partial charge < -0.3 is 39.9 Å². The van der Waals surface area contributed by atoms with Gasteiger partial charge in [-0.3, -0.25) is 13.8 Å². The molecule has 6 unspecified atom stereocenters. The molecule has 0 aromatic heterocycles. The zero-order valence-electron chi connectivity index (χ0n) is 34.9. The smallest absolute Gasteiger partial charge is 0.457 e. The van der Waals surface area contributed by atoms with Crippen molar-refractivity contribution in [2.75, 3.05) is 19.8 Å². The average molecular weight is 829 g/mol. The summed E-state index contributed by atoms with van der Waals surface area (Å²) < 4.78 is 34.0. The highest BCUT2D eigenvalue weighted by atomic mass is 31.2. The van der Waals surface area contributed by atoms with E-state index in [4.69, 9.17) is 18.5 Å². The first-order valence-corrected chi connectivity index (χ1v) is 23.1. The molecule has 12 nitrogen and oxygen atoms in total. The second-order valence-corrected chi connectivity index (χ2v) is 16.2. The SMILES string of the molecule is CC/C=C\C/C=C\C/C=C\C/C=C\C/C=C\CC(=O)OC(COCCCCCCCCCCCCCCCCC)COP(=O)(O)OC1C(O)C(O)C(O)C(O)C1O. The Balaban J connectivity index is 2.49. The number of phosphoric ester groups is 1. The van der Waals surface area contributed by atoms with Gasteiger partial charge in [0.2, 0.25) is 0 Å². The maximum absolute atomic E-state index is 12.8. The highest BCUT2D eigenvalue weighted by Gasteiger charge is 2.51. The first-order valence-electron chi connectivity index (χ1n) is 21.6. The first kappa shape index (κ1) is 53.1. The van der Waals surface area contributed by atoms with Gasteiger partial charge in [-0.2, -0.15) is 0 Å². The summed E-state index contributed by atoms with van der Waals surface area (Å²) in [5.41, 5.74) is 0. The van der Waals surface area contributed by atoms with Crippen LogP contribution in [0.2, 0.25) is 0 Å². The molecule has 1 rings (SSSR count). The molecule has 13 heteroatoms. The Labute approximate surface area is 343 Å². The fraction of sp³-hybridized carbons (Fsp3) is 0.750. The molecule has 1 aliphatic rings. The third-order valence-electron chi connectivity index (χ3n) is 9.69. The molecule has 0 amide bonds. The maximum atomic E-state index is 12.8. The van der Waals surface area contributed by atoms with Crippen molar-refractivity contribution in [1.82, 2.24) is 0 Å². The molecule has 0 aromatic rings. The fourth-order valence-electron chi connectivity index (χ4n) is 6.25. The number of hydrogen-bond donors (Lipinski definition) is 6. The largest absolute Gasteiger partial charge is 0.472 e. The van der Waals surface area contributed by atoms with Crippen molar-refractivity contribution in [3.05, 3.63) is 60.8 Å². The zero-order valence-corrected chi connectivity index (χ0v) is 35.8. The van der Waals surface area contributed by atoms with Crippen LogP contribution in [0.1, 0.15) is 149 Å². The van der Waals surface area contributed by atoms with Crippen LogP contribution in [0.25, 0.3) is 0 Å². The van der Waals surface area contributed by atoms with Gasteiger partial charge in [0, 0.05) is 6.61 Å². The Hall–Kier alpha value is -1.96. The number of phosphoric acid groups is 1. The molecule has 0 aliphatic heterocycles. The van der Waals surface area contributed by atoms with Crippen molar-refractivity contribution < 1.29 is 58.3 Å². The lowest BCUT2D eigenvalue weighted by Gasteiger charge is -2.41. The first-order chi connectivity index (χ1) is 27.5. The Morgan fingerprint density at radius 2 is 0.965 bits per heavy atom. The number of unbranched alkanes of at least 4 members (excludes halogenated alkanes) is 14. The Morgan fingerprint density at radius 1 is 0.561 bits per heavy atom. The summed E-state index contributed by atoms with van der Waals surface area (Å²) >= 11 is 0. The summed E-state index contributed by atoms with van der Waals surface area (Å²) in [6.45, 7) is 4.03. The van der Waals surface area contributed by atoms with Gasteiger partial charge in [0.05, 0.1) is 19.6 Å². The quantitative estimate of drug-likeness (QED) is 0.0155. The zero-order chi connectivity index (χ0) is 42.0. The summed E-state index contributed by atoms with van der Waals surface area (Å²) in [5.74, 6) is -0.604. The molecule has 6 atom stereocenters. The van der Waals surface area contributed by atoms with Gasteiger partial charge in [-0.1, -0.05) is 164 Å². The minimum Gasteiger partial charge on any atom is -0.457 e. The van der Waals surface area contributed by atoms with Gasteiger partial charge in [0.1, 0.15) is 42.7 Å². The Morgan fingerprint density at radius 3 is 1.42 bits per heavy atom. The van der Waals surface area contributed by atoms with Gasteiger partial charge in [-0.25, -0.2) is 4.57 Å². The number of allylic oxidation sites excluding steroid dienone is 9. The lowest BCUT2D eigenvalue weighted by molar-refractivity contribution is -0.220. The second-order valence-electron chi connectivity index (χ2n) is 14.8. The molecule has 330 valence electrons. The predicted octanol–water partition coefficient (Wildman–Crippen LogP) is 8.25. The van der Waals surface area contributed by atoms with Crippen LogP contribution in [0.3, 0.4) is 0 Å². The molecular weight excluding hydrogens is 751 g/mol. The lowest BCUT2D eigenvalue weighted by atomic mass is 9.85. The van der Waals surface area contributed by atoms with Crippen molar-refractivity contribution in [3.63, 3.8) is 0 Å². The van der Waals surface area contributed by atoms with E-state index in [2.05, 4.69) is 50.3 Å². The van der Waals surface area contributed by atoms with E-state index in [1.165, 1.54) is 77.0 Å². The molecule has 1 aliphatic carbocycles. The van der Waals surface area contributed by atoms with E-state index in [1.54, 1.807) is 6.08 Å². The van der Waals surface area contributed by atoms with Crippen LogP contribution in [-0.4, -0.2) is 98.9 Å². The number of ether oxygens (including phenoxy) is 2. The number of hydrogen-bond acceptors (Lipinski definition) is 11. The van der Waals surface area contributed by atoms with E-state index < -0.39 is 63.1 Å². The van der Waals surface area contributed by atoms with Crippen molar-refractivity contribution in [2.24, 2.45) is 0 Å². The molecule has 0 spiro atoms. The number of rotatable bonds is 35. The molecular formula is C44H77O12P. The van der Waals surface area contributed by atoms with E-state index >= 15 is 0 Å². The lowest BCUT2D eigenvalue weighted by Crippen LogP contribution is -2.64. The van der Waals surface area contributed by atoms with Gasteiger partial charge in [0.15, 0.2) is 0 Å². The van der Waals surface area contributed by atoms with Crippen molar-refractivity contribution in [2.45, 2.75) is 191 Å². The number of esters is 1. The summed E-state index contributed by atoms with van der Waals surface area (Å²) in [6, 6.07) is 0. The van der Waals surface area contributed by atoms with Crippen molar-refractivity contribution in [1.29, 1.82) is 0 Å². The van der Waals surface area contributed by atoms with Gasteiger partial charge in [-0.05, 0) is 38.5 Å². The van der Waals surface area contributed by atoms with Crippen LogP contribution < -0.4 is 0 Å². The van der Waals surface area contributed by atoms with E-state index in [1.807, 2.05) is 18.2 Å².